The molecule has 6 heteroatoms. The van der Waals surface area contributed by atoms with Crippen LogP contribution in [0.2, 0.25) is 0 Å². The lowest BCUT2D eigenvalue weighted by Crippen LogP contribution is -1.79. The van der Waals surface area contributed by atoms with E-state index in [1.165, 1.54) is 0 Å². The van der Waals surface area contributed by atoms with Gasteiger partial charge in [-0.25, -0.2) is 0 Å². The van der Waals surface area contributed by atoms with Gasteiger partial charge in [-0.1, -0.05) is 0 Å². The SMILES string of the molecule is Cc1cccnn1.Cc1ccnnc1.Cc1ccnnc1. The summed E-state index contributed by atoms with van der Waals surface area (Å²) in [4.78, 5) is 0. The second-order valence-corrected chi connectivity index (χ2v) is 4.20. The van der Waals surface area contributed by atoms with E-state index in [0.717, 1.165) is 16.8 Å². The molecular formula is C15H18N6. The topological polar surface area (TPSA) is 77.3 Å². The molecule has 3 aromatic heterocycles. The van der Waals surface area contributed by atoms with Crippen LogP contribution < -0.4 is 0 Å². The molecule has 0 aliphatic rings. The lowest BCUT2D eigenvalue weighted by molar-refractivity contribution is 0.980. The van der Waals surface area contributed by atoms with Crippen LogP contribution in [0.3, 0.4) is 0 Å². The predicted octanol–water partition coefficient (Wildman–Crippen LogP) is 2.36. The molecule has 0 spiro atoms. The molecule has 0 amide bonds. The summed E-state index contributed by atoms with van der Waals surface area (Å²) in [5.74, 6) is 0. The number of nitrogens with zero attached hydrogens (tertiary/aromatic N) is 6. The van der Waals surface area contributed by atoms with E-state index in [4.69, 9.17) is 0 Å². The van der Waals surface area contributed by atoms with Gasteiger partial charge in [-0.2, -0.15) is 30.6 Å². The highest BCUT2D eigenvalue weighted by Crippen LogP contribution is 1.86. The van der Waals surface area contributed by atoms with Crippen molar-refractivity contribution in [3.8, 4) is 0 Å². The minimum absolute atomic E-state index is 0.961. The van der Waals surface area contributed by atoms with Crippen LogP contribution in [0.15, 0.2) is 55.2 Å². The molecule has 0 bridgehead atoms. The molecule has 0 fully saturated rings. The molecule has 0 aliphatic heterocycles. The fourth-order valence-corrected chi connectivity index (χ4v) is 1.09. The first-order chi connectivity index (χ1) is 10.2. The summed E-state index contributed by atoms with van der Waals surface area (Å²) >= 11 is 0. The van der Waals surface area contributed by atoms with E-state index in [1.54, 1.807) is 31.0 Å². The fourth-order valence-electron chi connectivity index (χ4n) is 1.09. The van der Waals surface area contributed by atoms with Crippen LogP contribution in [0, 0.1) is 20.8 Å². The van der Waals surface area contributed by atoms with Crippen LogP contribution in [0.4, 0.5) is 0 Å². The van der Waals surface area contributed by atoms with E-state index in [-0.39, 0.29) is 0 Å². The van der Waals surface area contributed by atoms with Crippen molar-refractivity contribution in [2.75, 3.05) is 0 Å². The van der Waals surface area contributed by atoms with Crippen LogP contribution >= 0.6 is 0 Å². The van der Waals surface area contributed by atoms with Crippen molar-refractivity contribution in [1.29, 1.82) is 0 Å². The average molecular weight is 282 g/mol. The van der Waals surface area contributed by atoms with E-state index in [2.05, 4.69) is 30.6 Å². The minimum Gasteiger partial charge on any atom is -0.159 e. The van der Waals surface area contributed by atoms with E-state index in [9.17, 15) is 0 Å². The number of hydrogen-bond donors (Lipinski definition) is 0. The Morgan fingerprint density at radius 2 is 1.19 bits per heavy atom. The van der Waals surface area contributed by atoms with Crippen molar-refractivity contribution in [3.05, 3.63) is 72.1 Å². The Labute approximate surface area is 124 Å². The summed E-state index contributed by atoms with van der Waals surface area (Å²) in [5.41, 5.74) is 3.26. The zero-order valence-corrected chi connectivity index (χ0v) is 12.4. The third-order valence-corrected chi connectivity index (χ3v) is 2.17. The summed E-state index contributed by atoms with van der Waals surface area (Å²) in [6.07, 6.45) is 8.46. The highest BCUT2D eigenvalue weighted by atomic mass is 15.1. The minimum atomic E-state index is 0.961. The monoisotopic (exact) mass is 282 g/mol. The molecule has 0 N–H and O–H groups in total. The van der Waals surface area contributed by atoms with Gasteiger partial charge in [0.2, 0.25) is 0 Å². The van der Waals surface area contributed by atoms with Gasteiger partial charge < -0.3 is 0 Å². The van der Waals surface area contributed by atoms with Gasteiger partial charge in [-0.3, -0.25) is 0 Å². The molecule has 0 aliphatic carbocycles. The number of hydrogen-bond acceptors (Lipinski definition) is 6. The molecule has 108 valence electrons. The zero-order valence-electron chi connectivity index (χ0n) is 12.4. The molecule has 0 saturated heterocycles. The Hall–Kier alpha value is -2.76. The fraction of sp³-hybridized carbons (Fsp3) is 0.200. The Bertz CT molecular complexity index is 497. The maximum atomic E-state index is 3.73. The lowest BCUT2D eigenvalue weighted by atomic mass is 10.4. The molecule has 21 heavy (non-hydrogen) atoms. The Balaban J connectivity index is 0.000000157. The molecule has 0 atom stereocenters. The van der Waals surface area contributed by atoms with Crippen LogP contribution in [-0.4, -0.2) is 30.6 Å². The highest BCUT2D eigenvalue weighted by Gasteiger charge is 1.75. The predicted molar refractivity (Wildman–Crippen MR) is 80.3 cm³/mol. The van der Waals surface area contributed by atoms with E-state index < -0.39 is 0 Å². The second-order valence-electron chi connectivity index (χ2n) is 4.20. The van der Waals surface area contributed by atoms with Crippen molar-refractivity contribution in [2.24, 2.45) is 0 Å². The summed E-state index contributed by atoms with van der Waals surface area (Å²) in [6.45, 7) is 5.87. The standard InChI is InChI=1S/3C5H6N2/c2*1-5-2-3-6-7-4-5;1-5-3-2-4-6-7-5/h3*2-4H,1H3. The number of rotatable bonds is 0. The van der Waals surface area contributed by atoms with Crippen LogP contribution in [0.5, 0.6) is 0 Å². The lowest BCUT2D eigenvalue weighted by Gasteiger charge is -1.80. The Kier molecular flexibility index (Phi) is 7.82. The van der Waals surface area contributed by atoms with Gasteiger partial charge in [-0.05, 0) is 56.2 Å². The second kappa shape index (κ2) is 10.1. The van der Waals surface area contributed by atoms with E-state index >= 15 is 0 Å². The molecular weight excluding hydrogens is 264 g/mol. The summed E-state index contributed by atoms with van der Waals surface area (Å²) in [6, 6.07) is 7.59. The largest absolute Gasteiger partial charge is 0.159 e. The van der Waals surface area contributed by atoms with E-state index in [0.29, 0.717) is 0 Å². The van der Waals surface area contributed by atoms with Crippen molar-refractivity contribution >= 4 is 0 Å². The summed E-state index contributed by atoms with van der Waals surface area (Å²) < 4.78 is 0. The summed E-state index contributed by atoms with van der Waals surface area (Å²) in [7, 11) is 0. The van der Waals surface area contributed by atoms with Crippen molar-refractivity contribution in [1.82, 2.24) is 30.6 Å². The van der Waals surface area contributed by atoms with Crippen LogP contribution in [0.1, 0.15) is 16.8 Å². The zero-order chi connectivity index (χ0) is 15.3. The van der Waals surface area contributed by atoms with Crippen molar-refractivity contribution in [3.63, 3.8) is 0 Å². The Morgan fingerprint density at radius 3 is 1.38 bits per heavy atom. The van der Waals surface area contributed by atoms with Gasteiger partial charge in [-0.15, -0.1) is 0 Å². The first kappa shape index (κ1) is 16.3. The number of aromatic nitrogens is 6. The molecule has 0 aromatic carbocycles. The normalized spacial score (nSPS) is 8.71. The first-order valence-electron chi connectivity index (χ1n) is 6.39. The molecule has 3 heterocycles. The average Bonchev–Trinajstić information content (AvgIpc) is 2.51. The molecule has 0 radical (unpaired) electrons. The molecule has 0 unspecified atom stereocenters. The van der Waals surface area contributed by atoms with Crippen LogP contribution in [-0.2, 0) is 0 Å². The van der Waals surface area contributed by atoms with Gasteiger partial charge in [0.25, 0.3) is 0 Å². The quantitative estimate of drug-likeness (QED) is 0.630. The highest BCUT2D eigenvalue weighted by molar-refractivity contribution is 5.01. The maximum absolute atomic E-state index is 3.73. The molecule has 3 rings (SSSR count). The van der Waals surface area contributed by atoms with Gasteiger partial charge >= 0.3 is 0 Å². The maximum Gasteiger partial charge on any atom is 0.0600 e. The number of aryl methyl sites for hydroxylation is 3. The van der Waals surface area contributed by atoms with Crippen molar-refractivity contribution < 1.29 is 0 Å². The van der Waals surface area contributed by atoms with Gasteiger partial charge in [0.05, 0.1) is 18.1 Å². The van der Waals surface area contributed by atoms with E-state index in [1.807, 2.05) is 45.0 Å². The third-order valence-electron chi connectivity index (χ3n) is 2.17. The third kappa shape index (κ3) is 8.88. The Morgan fingerprint density at radius 1 is 0.619 bits per heavy atom. The first-order valence-corrected chi connectivity index (χ1v) is 6.39. The summed E-state index contributed by atoms with van der Waals surface area (Å²) in [5, 5.41) is 21.8. The smallest absolute Gasteiger partial charge is 0.0600 e. The van der Waals surface area contributed by atoms with Gasteiger partial charge in [0.1, 0.15) is 0 Å². The van der Waals surface area contributed by atoms with Crippen LogP contribution in [0.25, 0.3) is 0 Å². The molecule has 6 nitrogen and oxygen atoms in total. The molecule has 3 aromatic rings. The van der Waals surface area contributed by atoms with Gasteiger partial charge in [0.15, 0.2) is 0 Å². The van der Waals surface area contributed by atoms with Gasteiger partial charge in [0, 0.05) is 18.6 Å². The molecule has 0 saturated carbocycles. The van der Waals surface area contributed by atoms with Crippen molar-refractivity contribution in [2.45, 2.75) is 20.8 Å².